The number of rotatable bonds is 17. The lowest BCUT2D eigenvalue weighted by Crippen LogP contribution is -2.35. The minimum Gasteiger partial charge on any atom is -0.356 e. The van der Waals surface area contributed by atoms with E-state index in [4.69, 9.17) is 28.4 Å². The lowest BCUT2D eigenvalue weighted by molar-refractivity contribution is -0.205. The van der Waals surface area contributed by atoms with Crippen molar-refractivity contribution in [2.75, 3.05) is 33.0 Å². The number of ether oxygens (including phenoxy) is 6. The van der Waals surface area contributed by atoms with Gasteiger partial charge in [-0.05, 0) is 95.0 Å². The molecule has 1 aliphatic carbocycles. The predicted molar refractivity (Wildman–Crippen MR) is 173 cm³/mol. The molecule has 8 nitrogen and oxygen atoms in total. The van der Waals surface area contributed by atoms with E-state index in [0.29, 0.717) is 26.2 Å². The van der Waals surface area contributed by atoms with Gasteiger partial charge in [0.05, 0.1) is 25.4 Å². The molecule has 252 valence electrons. The van der Waals surface area contributed by atoms with Crippen LogP contribution in [0.3, 0.4) is 0 Å². The van der Waals surface area contributed by atoms with Gasteiger partial charge >= 0.3 is 0 Å². The van der Waals surface area contributed by atoms with Crippen molar-refractivity contribution < 1.29 is 33.2 Å². The normalized spacial score (nSPS) is 30.2. The Morgan fingerprint density at radius 2 is 1.58 bits per heavy atom. The molecule has 8 heteroatoms. The van der Waals surface area contributed by atoms with E-state index in [2.05, 4.69) is 47.8 Å². The molecule has 0 radical (unpaired) electrons. The molecule has 1 saturated carbocycles. The van der Waals surface area contributed by atoms with Crippen LogP contribution in [0.4, 0.5) is 0 Å². The summed E-state index contributed by atoms with van der Waals surface area (Å²) in [4.78, 5) is 11.9. The van der Waals surface area contributed by atoms with Crippen molar-refractivity contribution in [1.29, 1.82) is 0 Å². The highest BCUT2D eigenvalue weighted by molar-refractivity contribution is 5.75. The van der Waals surface area contributed by atoms with E-state index in [1.54, 1.807) is 0 Å². The summed E-state index contributed by atoms with van der Waals surface area (Å²) in [6.07, 6.45) is 18.4. The molecule has 0 aromatic heterocycles. The van der Waals surface area contributed by atoms with Crippen molar-refractivity contribution in [3.63, 3.8) is 0 Å². The first kappa shape index (κ1) is 34.5. The second-order valence-corrected chi connectivity index (χ2v) is 13.2. The number of hydrogen-bond donors (Lipinski definition) is 1. The number of nitrogens with one attached hydrogen (secondary N) is 1. The maximum atomic E-state index is 11.9. The quantitative estimate of drug-likeness (QED) is 0.149. The van der Waals surface area contributed by atoms with Gasteiger partial charge in [0.25, 0.3) is 0 Å². The van der Waals surface area contributed by atoms with Crippen LogP contribution >= 0.6 is 0 Å². The number of amides is 1. The van der Waals surface area contributed by atoms with Crippen molar-refractivity contribution in [2.45, 2.75) is 134 Å². The molecule has 1 aromatic rings. The van der Waals surface area contributed by atoms with Crippen molar-refractivity contribution >= 4 is 5.91 Å². The van der Waals surface area contributed by atoms with Gasteiger partial charge in [0.2, 0.25) is 5.91 Å². The van der Waals surface area contributed by atoms with Crippen LogP contribution in [0, 0.1) is 11.8 Å². The topological polar surface area (TPSA) is 84.5 Å². The molecule has 3 saturated heterocycles. The molecular formula is C37H57NO7. The van der Waals surface area contributed by atoms with E-state index in [-0.39, 0.29) is 42.5 Å². The standard InChI is InChI=1S/C37H57NO7/c1-2-38-34(39)17-9-4-3-8-16-30-31(21-23-37(42-26-27-43-37)22-20-29-14-6-5-7-15-29)33(45-36-19-11-13-25-41-36)28-32(30)44-35-18-10-12-24-40-35/h3,5-8,14-15,30-33,35-36H,2,4,9-13,16-28H2,1H3,(H,38,39)/b8-3-/t30-,31-,32+,33-,35?,36?/m1/s1. The highest BCUT2D eigenvalue weighted by Gasteiger charge is 2.47. The lowest BCUT2D eigenvalue weighted by Gasteiger charge is -2.34. The average Bonchev–Trinajstić information content (AvgIpc) is 3.67. The Bertz CT molecular complexity index is 1000. The Morgan fingerprint density at radius 1 is 0.889 bits per heavy atom. The molecule has 0 bridgehead atoms. The van der Waals surface area contributed by atoms with Gasteiger partial charge in [-0.25, -0.2) is 0 Å². The minimum atomic E-state index is -0.563. The molecule has 2 unspecified atom stereocenters. The van der Waals surface area contributed by atoms with E-state index in [1.807, 2.05) is 6.92 Å². The Balaban J connectivity index is 1.28. The summed E-state index contributed by atoms with van der Waals surface area (Å²) in [6.45, 7) is 5.46. The van der Waals surface area contributed by atoms with Crippen molar-refractivity contribution in [2.24, 2.45) is 11.8 Å². The van der Waals surface area contributed by atoms with Crippen LogP contribution in [0.5, 0.6) is 0 Å². The largest absolute Gasteiger partial charge is 0.356 e. The molecule has 1 aromatic carbocycles. The predicted octanol–water partition coefficient (Wildman–Crippen LogP) is 6.85. The second kappa shape index (κ2) is 18.5. The molecule has 45 heavy (non-hydrogen) atoms. The number of allylic oxidation sites excluding steroid dienone is 2. The Labute approximate surface area is 270 Å². The molecule has 0 spiro atoms. The van der Waals surface area contributed by atoms with Crippen LogP contribution < -0.4 is 5.32 Å². The van der Waals surface area contributed by atoms with Crippen LogP contribution in [-0.2, 0) is 39.6 Å². The fourth-order valence-electron chi connectivity index (χ4n) is 7.51. The van der Waals surface area contributed by atoms with Crippen molar-refractivity contribution in [3.05, 3.63) is 48.0 Å². The van der Waals surface area contributed by atoms with Crippen LogP contribution in [0.25, 0.3) is 0 Å². The zero-order valence-corrected chi connectivity index (χ0v) is 27.5. The molecule has 4 aliphatic rings. The molecule has 5 rings (SSSR count). The van der Waals surface area contributed by atoms with Crippen molar-refractivity contribution in [1.82, 2.24) is 5.32 Å². The van der Waals surface area contributed by atoms with Crippen molar-refractivity contribution in [3.8, 4) is 0 Å². The highest BCUT2D eigenvalue weighted by atomic mass is 16.7. The maximum Gasteiger partial charge on any atom is 0.219 e. The summed E-state index contributed by atoms with van der Waals surface area (Å²) in [6, 6.07) is 10.6. The highest BCUT2D eigenvalue weighted by Crippen LogP contribution is 2.45. The van der Waals surface area contributed by atoms with Gasteiger partial charge in [-0.1, -0.05) is 42.5 Å². The number of benzene rings is 1. The van der Waals surface area contributed by atoms with Gasteiger partial charge in [-0.3, -0.25) is 4.79 Å². The van der Waals surface area contributed by atoms with E-state index in [9.17, 15) is 4.79 Å². The summed E-state index contributed by atoms with van der Waals surface area (Å²) in [5.74, 6) is 0.138. The first-order valence-corrected chi connectivity index (χ1v) is 17.9. The van der Waals surface area contributed by atoms with E-state index >= 15 is 0 Å². The number of carbonyl (C=O) groups excluding carboxylic acids is 1. The fraction of sp³-hybridized carbons (Fsp3) is 0.757. The zero-order chi connectivity index (χ0) is 31.2. The van der Waals surface area contributed by atoms with Gasteiger partial charge in [0, 0.05) is 45.4 Å². The number of aryl methyl sites for hydroxylation is 1. The molecule has 3 aliphatic heterocycles. The Morgan fingerprint density at radius 3 is 2.22 bits per heavy atom. The van der Waals surface area contributed by atoms with Crippen LogP contribution in [0.15, 0.2) is 42.5 Å². The summed E-state index contributed by atoms with van der Waals surface area (Å²) in [7, 11) is 0. The van der Waals surface area contributed by atoms with Gasteiger partial charge in [-0.15, -0.1) is 0 Å². The second-order valence-electron chi connectivity index (χ2n) is 13.2. The third-order valence-corrected chi connectivity index (χ3v) is 9.93. The first-order valence-electron chi connectivity index (χ1n) is 17.9. The lowest BCUT2D eigenvalue weighted by atomic mass is 9.84. The van der Waals surface area contributed by atoms with E-state index in [0.717, 1.165) is 103 Å². The van der Waals surface area contributed by atoms with Crippen LogP contribution in [0.2, 0.25) is 0 Å². The molecule has 1 N–H and O–H groups in total. The monoisotopic (exact) mass is 627 g/mol. The number of carbonyl (C=O) groups is 1. The summed E-state index contributed by atoms with van der Waals surface area (Å²) < 4.78 is 38.4. The van der Waals surface area contributed by atoms with Gasteiger partial charge < -0.3 is 33.7 Å². The molecule has 6 atom stereocenters. The third-order valence-electron chi connectivity index (χ3n) is 9.93. The number of unbranched alkanes of at least 4 members (excludes halogenated alkanes) is 1. The van der Waals surface area contributed by atoms with Gasteiger partial charge in [0.1, 0.15) is 0 Å². The van der Waals surface area contributed by atoms with E-state index < -0.39 is 5.79 Å². The fourth-order valence-corrected chi connectivity index (χ4v) is 7.51. The zero-order valence-electron chi connectivity index (χ0n) is 27.5. The summed E-state index contributed by atoms with van der Waals surface area (Å²) in [5.41, 5.74) is 1.31. The average molecular weight is 628 g/mol. The number of hydrogen-bond acceptors (Lipinski definition) is 7. The summed E-state index contributed by atoms with van der Waals surface area (Å²) in [5, 5.41) is 2.89. The minimum absolute atomic E-state index is 0.0467. The summed E-state index contributed by atoms with van der Waals surface area (Å²) >= 11 is 0. The van der Waals surface area contributed by atoms with Gasteiger partial charge in [0.15, 0.2) is 18.4 Å². The SMILES string of the molecule is CCNC(=O)CCC/C=C\C[C@@H]1[C@@H](CCC2(CCc3ccccc3)OCCO2)[C@H](OC2CCCCO2)C[C@@H]1OC1CCCCO1. The van der Waals surface area contributed by atoms with Crippen LogP contribution in [0.1, 0.15) is 102 Å². The molecule has 1 amide bonds. The maximum absolute atomic E-state index is 11.9. The Hall–Kier alpha value is -1.81. The first-order chi connectivity index (χ1) is 22.1. The van der Waals surface area contributed by atoms with Gasteiger partial charge in [-0.2, -0.15) is 0 Å². The Kier molecular flexibility index (Phi) is 14.2. The van der Waals surface area contributed by atoms with Crippen LogP contribution in [-0.4, -0.2) is 69.5 Å². The molecule has 4 fully saturated rings. The molecule has 3 heterocycles. The van der Waals surface area contributed by atoms with E-state index in [1.165, 1.54) is 5.56 Å². The smallest absolute Gasteiger partial charge is 0.219 e. The molecular weight excluding hydrogens is 570 g/mol. The third kappa shape index (κ3) is 10.9.